The number of thiazole rings is 1. The van der Waals surface area contributed by atoms with Gasteiger partial charge in [0.2, 0.25) is 0 Å². The SMILES string of the molecule is CC(N)Cc1nc(-c2cc(F)cc(F)c2)cs1. The Balaban J connectivity index is 2.30. The van der Waals surface area contributed by atoms with Crippen molar-refractivity contribution in [3.8, 4) is 11.3 Å². The molecule has 1 unspecified atom stereocenters. The maximum Gasteiger partial charge on any atom is 0.126 e. The molecule has 90 valence electrons. The van der Waals surface area contributed by atoms with Gasteiger partial charge in [-0.15, -0.1) is 11.3 Å². The number of nitrogens with zero attached hydrogens (tertiary/aromatic N) is 1. The minimum Gasteiger partial charge on any atom is -0.328 e. The van der Waals surface area contributed by atoms with E-state index >= 15 is 0 Å². The fraction of sp³-hybridized carbons (Fsp3) is 0.250. The van der Waals surface area contributed by atoms with Crippen molar-refractivity contribution in [1.29, 1.82) is 0 Å². The monoisotopic (exact) mass is 254 g/mol. The lowest BCUT2D eigenvalue weighted by atomic mass is 10.1. The molecule has 0 fully saturated rings. The van der Waals surface area contributed by atoms with Gasteiger partial charge in [-0.25, -0.2) is 13.8 Å². The van der Waals surface area contributed by atoms with Crippen LogP contribution >= 0.6 is 11.3 Å². The average molecular weight is 254 g/mol. The largest absolute Gasteiger partial charge is 0.328 e. The van der Waals surface area contributed by atoms with Crippen LogP contribution in [0.3, 0.4) is 0 Å². The summed E-state index contributed by atoms with van der Waals surface area (Å²) < 4.78 is 26.1. The highest BCUT2D eigenvalue weighted by molar-refractivity contribution is 7.09. The Bertz CT molecular complexity index is 503. The van der Waals surface area contributed by atoms with Gasteiger partial charge in [0.05, 0.1) is 10.7 Å². The van der Waals surface area contributed by atoms with Crippen molar-refractivity contribution in [3.63, 3.8) is 0 Å². The molecule has 0 amide bonds. The lowest BCUT2D eigenvalue weighted by molar-refractivity contribution is 0.584. The topological polar surface area (TPSA) is 38.9 Å². The van der Waals surface area contributed by atoms with Gasteiger partial charge >= 0.3 is 0 Å². The van der Waals surface area contributed by atoms with Crippen molar-refractivity contribution < 1.29 is 8.78 Å². The van der Waals surface area contributed by atoms with Crippen LogP contribution in [0.2, 0.25) is 0 Å². The van der Waals surface area contributed by atoms with Gasteiger partial charge in [-0.05, 0) is 19.1 Å². The zero-order valence-corrected chi connectivity index (χ0v) is 10.1. The highest BCUT2D eigenvalue weighted by Gasteiger charge is 2.08. The highest BCUT2D eigenvalue weighted by Crippen LogP contribution is 2.24. The molecule has 1 heterocycles. The number of nitrogens with two attached hydrogens (primary N) is 1. The van der Waals surface area contributed by atoms with Crippen LogP contribution in [0.15, 0.2) is 23.6 Å². The second-order valence-corrected chi connectivity index (χ2v) is 4.91. The van der Waals surface area contributed by atoms with Crippen LogP contribution in [0.1, 0.15) is 11.9 Å². The molecular weight excluding hydrogens is 242 g/mol. The lowest BCUT2D eigenvalue weighted by Gasteiger charge is -2.00. The molecule has 1 atom stereocenters. The normalized spacial score (nSPS) is 12.7. The van der Waals surface area contributed by atoms with Gasteiger partial charge in [-0.3, -0.25) is 0 Å². The maximum atomic E-state index is 13.0. The third-order valence-corrected chi connectivity index (χ3v) is 3.08. The second kappa shape index (κ2) is 4.89. The molecular formula is C12H12F2N2S. The van der Waals surface area contributed by atoms with E-state index in [2.05, 4.69) is 4.98 Å². The van der Waals surface area contributed by atoms with Crippen molar-refractivity contribution in [2.24, 2.45) is 5.73 Å². The van der Waals surface area contributed by atoms with E-state index < -0.39 is 11.6 Å². The summed E-state index contributed by atoms with van der Waals surface area (Å²) in [5, 5.41) is 2.66. The second-order valence-electron chi connectivity index (χ2n) is 3.97. The van der Waals surface area contributed by atoms with Crippen LogP contribution in [-0.2, 0) is 6.42 Å². The average Bonchev–Trinajstić information content (AvgIpc) is 2.63. The molecule has 2 rings (SSSR count). The first kappa shape index (κ1) is 12.1. The summed E-state index contributed by atoms with van der Waals surface area (Å²) in [4.78, 5) is 4.31. The molecule has 0 aliphatic carbocycles. The Morgan fingerprint density at radius 2 is 1.94 bits per heavy atom. The van der Waals surface area contributed by atoms with E-state index in [1.165, 1.54) is 23.5 Å². The van der Waals surface area contributed by atoms with Gasteiger partial charge in [0.25, 0.3) is 0 Å². The number of hydrogen-bond donors (Lipinski definition) is 1. The van der Waals surface area contributed by atoms with Crippen LogP contribution in [0.5, 0.6) is 0 Å². The van der Waals surface area contributed by atoms with Gasteiger partial charge < -0.3 is 5.73 Å². The first-order chi connectivity index (χ1) is 8.04. The molecule has 1 aromatic carbocycles. The molecule has 0 aliphatic rings. The van der Waals surface area contributed by atoms with Crippen LogP contribution in [-0.4, -0.2) is 11.0 Å². The Labute approximate surface area is 102 Å². The Morgan fingerprint density at radius 1 is 1.29 bits per heavy atom. The van der Waals surface area contributed by atoms with Crippen LogP contribution in [0.4, 0.5) is 8.78 Å². The lowest BCUT2D eigenvalue weighted by Crippen LogP contribution is -2.17. The summed E-state index contributed by atoms with van der Waals surface area (Å²) in [7, 11) is 0. The van der Waals surface area contributed by atoms with Crippen molar-refractivity contribution in [2.75, 3.05) is 0 Å². The fourth-order valence-electron chi connectivity index (χ4n) is 1.51. The van der Waals surface area contributed by atoms with E-state index in [4.69, 9.17) is 5.73 Å². The molecule has 0 bridgehead atoms. The van der Waals surface area contributed by atoms with E-state index in [0.717, 1.165) is 11.1 Å². The Hall–Kier alpha value is -1.33. The first-order valence-corrected chi connectivity index (χ1v) is 6.09. The summed E-state index contributed by atoms with van der Waals surface area (Å²) >= 11 is 1.45. The van der Waals surface area contributed by atoms with Gasteiger partial charge in [0, 0.05) is 29.5 Å². The first-order valence-electron chi connectivity index (χ1n) is 5.21. The van der Waals surface area contributed by atoms with Crippen molar-refractivity contribution in [3.05, 3.63) is 40.2 Å². The summed E-state index contributed by atoms with van der Waals surface area (Å²) in [5.74, 6) is -1.19. The summed E-state index contributed by atoms with van der Waals surface area (Å²) in [6.45, 7) is 1.89. The summed E-state index contributed by atoms with van der Waals surface area (Å²) in [6.07, 6.45) is 0.669. The number of rotatable bonds is 3. The van der Waals surface area contributed by atoms with Crippen LogP contribution in [0.25, 0.3) is 11.3 Å². The summed E-state index contributed by atoms with van der Waals surface area (Å²) in [5.41, 5.74) is 6.71. The maximum absolute atomic E-state index is 13.0. The molecule has 2 N–H and O–H groups in total. The van der Waals surface area contributed by atoms with E-state index in [0.29, 0.717) is 17.7 Å². The van der Waals surface area contributed by atoms with Crippen LogP contribution < -0.4 is 5.73 Å². The third kappa shape index (κ3) is 3.08. The smallest absolute Gasteiger partial charge is 0.126 e. The standard InChI is InChI=1S/C12H12F2N2S/c1-7(15)2-12-16-11(6-17-12)8-3-9(13)5-10(14)4-8/h3-7H,2,15H2,1H3. The third-order valence-electron chi connectivity index (χ3n) is 2.21. The molecule has 5 heteroatoms. The molecule has 17 heavy (non-hydrogen) atoms. The molecule has 2 nitrogen and oxygen atoms in total. The Kier molecular flexibility index (Phi) is 3.49. The fourth-order valence-corrected chi connectivity index (χ4v) is 2.46. The van der Waals surface area contributed by atoms with Crippen molar-refractivity contribution >= 4 is 11.3 Å². The molecule has 0 aliphatic heterocycles. The quantitative estimate of drug-likeness (QED) is 0.914. The predicted octanol–water partition coefficient (Wildman–Crippen LogP) is 2.98. The van der Waals surface area contributed by atoms with Gasteiger partial charge in [0.15, 0.2) is 0 Å². The number of benzene rings is 1. The van der Waals surface area contributed by atoms with Gasteiger partial charge in [0.1, 0.15) is 11.6 Å². The minimum atomic E-state index is -0.596. The number of hydrogen-bond acceptors (Lipinski definition) is 3. The zero-order valence-electron chi connectivity index (χ0n) is 9.28. The number of halogens is 2. The van der Waals surface area contributed by atoms with Gasteiger partial charge in [-0.2, -0.15) is 0 Å². The van der Waals surface area contributed by atoms with Gasteiger partial charge in [-0.1, -0.05) is 0 Å². The van der Waals surface area contributed by atoms with Crippen molar-refractivity contribution in [2.45, 2.75) is 19.4 Å². The summed E-state index contributed by atoms with van der Waals surface area (Å²) in [6, 6.07) is 3.42. The molecule has 0 spiro atoms. The molecule has 0 radical (unpaired) electrons. The minimum absolute atomic E-state index is 0.0262. The molecule has 2 aromatic rings. The van der Waals surface area contributed by atoms with E-state index in [1.807, 2.05) is 6.92 Å². The van der Waals surface area contributed by atoms with Crippen molar-refractivity contribution in [1.82, 2.24) is 4.98 Å². The van der Waals surface area contributed by atoms with E-state index in [9.17, 15) is 8.78 Å². The molecule has 0 saturated heterocycles. The zero-order chi connectivity index (χ0) is 12.4. The number of aromatic nitrogens is 1. The highest BCUT2D eigenvalue weighted by atomic mass is 32.1. The van der Waals surface area contributed by atoms with Crippen LogP contribution in [0, 0.1) is 11.6 Å². The molecule has 1 aromatic heterocycles. The predicted molar refractivity (Wildman–Crippen MR) is 64.8 cm³/mol. The van der Waals surface area contributed by atoms with E-state index in [1.54, 1.807) is 5.38 Å². The van der Waals surface area contributed by atoms with E-state index in [-0.39, 0.29) is 6.04 Å². The Morgan fingerprint density at radius 3 is 2.53 bits per heavy atom. The molecule has 0 saturated carbocycles.